The quantitative estimate of drug-likeness (QED) is 0.825. The van der Waals surface area contributed by atoms with E-state index >= 15 is 0 Å². The van der Waals surface area contributed by atoms with E-state index in [1.807, 2.05) is 12.3 Å². The van der Waals surface area contributed by atoms with Gasteiger partial charge in [0.15, 0.2) is 0 Å². The lowest BCUT2D eigenvalue weighted by atomic mass is 10.1. The van der Waals surface area contributed by atoms with E-state index in [0.29, 0.717) is 18.7 Å². The van der Waals surface area contributed by atoms with E-state index in [4.69, 9.17) is 5.73 Å². The number of rotatable bonds is 5. The molecule has 108 valence electrons. The summed E-state index contributed by atoms with van der Waals surface area (Å²) >= 11 is 1.51. The van der Waals surface area contributed by atoms with Crippen molar-refractivity contribution in [1.82, 2.24) is 9.71 Å². The predicted molar refractivity (Wildman–Crippen MR) is 81.3 cm³/mol. The maximum atomic E-state index is 12.3. The summed E-state index contributed by atoms with van der Waals surface area (Å²) in [5.74, 6) is 0. The first-order chi connectivity index (χ1) is 9.40. The zero-order valence-corrected chi connectivity index (χ0v) is 13.0. The Bertz CT molecular complexity index is 695. The molecule has 0 atom stereocenters. The normalized spacial score (nSPS) is 11.7. The van der Waals surface area contributed by atoms with E-state index in [1.54, 1.807) is 19.2 Å². The number of nitrogens with zero attached hydrogens (tertiary/aromatic N) is 1. The molecule has 0 unspecified atom stereocenters. The number of nitrogen functional groups attached to an aromatic ring is 1. The van der Waals surface area contributed by atoms with Gasteiger partial charge >= 0.3 is 0 Å². The Morgan fingerprint density at radius 2 is 2.10 bits per heavy atom. The largest absolute Gasteiger partial charge is 0.399 e. The van der Waals surface area contributed by atoms with Crippen LogP contribution in [0.4, 0.5) is 5.69 Å². The molecule has 0 aliphatic carbocycles. The number of nitrogens with two attached hydrogens (primary N) is 1. The molecule has 0 aliphatic heterocycles. The minimum Gasteiger partial charge on any atom is -0.399 e. The van der Waals surface area contributed by atoms with Crippen LogP contribution in [0.2, 0.25) is 0 Å². The van der Waals surface area contributed by atoms with Gasteiger partial charge in [-0.25, -0.2) is 18.1 Å². The van der Waals surface area contributed by atoms with Crippen LogP contribution in [0.15, 0.2) is 28.6 Å². The molecule has 0 spiro atoms. The average Bonchev–Trinajstić information content (AvgIpc) is 2.86. The van der Waals surface area contributed by atoms with Gasteiger partial charge in [-0.15, -0.1) is 11.3 Å². The van der Waals surface area contributed by atoms with Gasteiger partial charge < -0.3 is 5.73 Å². The molecule has 0 fully saturated rings. The molecule has 7 heteroatoms. The number of anilines is 1. The lowest BCUT2D eigenvalue weighted by Gasteiger charge is -2.12. The highest BCUT2D eigenvalue weighted by molar-refractivity contribution is 7.89. The molecule has 0 bridgehead atoms. The number of aryl methyl sites for hydroxylation is 1. The van der Waals surface area contributed by atoms with Gasteiger partial charge in [-0.3, -0.25) is 0 Å². The fourth-order valence-electron chi connectivity index (χ4n) is 1.88. The maximum absolute atomic E-state index is 12.3. The molecule has 0 amide bonds. The minimum absolute atomic E-state index is 0.245. The van der Waals surface area contributed by atoms with Crippen LogP contribution in [0.3, 0.4) is 0 Å². The highest BCUT2D eigenvalue weighted by Crippen LogP contribution is 2.22. The van der Waals surface area contributed by atoms with Crippen LogP contribution in [0.25, 0.3) is 0 Å². The van der Waals surface area contributed by atoms with Gasteiger partial charge in [0, 0.05) is 30.2 Å². The van der Waals surface area contributed by atoms with Crippen LogP contribution in [-0.4, -0.2) is 19.9 Å². The van der Waals surface area contributed by atoms with Crippen molar-refractivity contribution in [3.63, 3.8) is 0 Å². The molecule has 2 rings (SSSR count). The molecular formula is C13H17N3O2S2. The molecule has 3 N–H and O–H groups in total. The SMILES string of the molecule is Cc1cc(N)cc(S(=O)(=O)NCCc2nccs2)c1C. The second kappa shape index (κ2) is 5.90. The average molecular weight is 311 g/mol. The maximum Gasteiger partial charge on any atom is 0.240 e. The van der Waals surface area contributed by atoms with Gasteiger partial charge in [0.05, 0.1) is 9.90 Å². The van der Waals surface area contributed by atoms with Crippen molar-refractivity contribution < 1.29 is 8.42 Å². The molecular weight excluding hydrogens is 294 g/mol. The van der Waals surface area contributed by atoms with Crippen LogP contribution in [0.5, 0.6) is 0 Å². The second-order valence-electron chi connectivity index (χ2n) is 4.53. The van der Waals surface area contributed by atoms with Crippen LogP contribution in [-0.2, 0) is 16.4 Å². The van der Waals surface area contributed by atoms with Crippen molar-refractivity contribution in [2.75, 3.05) is 12.3 Å². The first kappa shape index (κ1) is 15.0. The van der Waals surface area contributed by atoms with Gasteiger partial charge in [0.2, 0.25) is 10.0 Å². The molecule has 0 saturated heterocycles. The summed E-state index contributed by atoms with van der Waals surface area (Å²) in [6.07, 6.45) is 2.29. The highest BCUT2D eigenvalue weighted by Gasteiger charge is 2.18. The highest BCUT2D eigenvalue weighted by atomic mass is 32.2. The van der Waals surface area contributed by atoms with E-state index in [9.17, 15) is 8.42 Å². The molecule has 0 saturated carbocycles. The summed E-state index contributed by atoms with van der Waals surface area (Å²) < 4.78 is 27.2. The molecule has 1 aromatic heterocycles. The minimum atomic E-state index is -3.54. The first-order valence-electron chi connectivity index (χ1n) is 6.15. The lowest BCUT2D eigenvalue weighted by molar-refractivity contribution is 0.581. The Morgan fingerprint density at radius 1 is 1.35 bits per heavy atom. The Balaban J connectivity index is 2.14. The predicted octanol–water partition coefficient (Wildman–Crippen LogP) is 1.86. The third kappa shape index (κ3) is 3.36. The molecule has 0 aliphatic rings. The molecule has 1 heterocycles. The van der Waals surface area contributed by atoms with E-state index in [-0.39, 0.29) is 4.90 Å². The standard InChI is InChI=1S/C13H17N3O2S2/c1-9-7-11(14)8-12(10(9)2)20(17,18)16-4-3-13-15-5-6-19-13/h5-8,16H,3-4,14H2,1-2H3. The van der Waals surface area contributed by atoms with Gasteiger partial charge in [0.1, 0.15) is 0 Å². The molecule has 5 nitrogen and oxygen atoms in total. The van der Waals surface area contributed by atoms with E-state index in [2.05, 4.69) is 9.71 Å². The van der Waals surface area contributed by atoms with Crippen molar-refractivity contribution in [3.05, 3.63) is 39.8 Å². The smallest absolute Gasteiger partial charge is 0.240 e. The fraction of sp³-hybridized carbons (Fsp3) is 0.308. The lowest BCUT2D eigenvalue weighted by Crippen LogP contribution is -2.27. The van der Waals surface area contributed by atoms with E-state index in [0.717, 1.165) is 16.1 Å². The molecule has 2 aromatic rings. The van der Waals surface area contributed by atoms with Crippen molar-refractivity contribution in [3.8, 4) is 0 Å². The Hall–Kier alpha value is -1.44. The van der Waals surface area contributed by atoms with Crippen molar-refractivity contribution in [2.24, 2.45) is 0 Å². The Labute approximate surface area is 122 Å². The second-order valence-corrected chi connectivity index (χ2v) is 7.25. The summed E-state index contributed by atoms with van der Waals surface area (Å²) in [7, 11) is -3.54. The van der Waals surface area contributed by atoms with Gasteiger partial charge in [-0.05, 0) is 37.1 Å². The number of hydrogen-bond acceptors (Lipinski definition) is 5. The van der Waals surface area contributed by atoms with Gasteiger partial charge in [-0.2, -0.15) is 0 Å². The number of benzene rings is 1. The van der Waals surface area contributed by atoms with Crippen LogP contribution in [0.1, 0.15) is 16.1 Å². The zero-order valence-electron chi connectivity index (χ0n) is 11.4. The number of aromatic nitrogens is 1. The van der Waals surface area contributed by atoms with Gasteiger partial charge in [-0.1, -0.05) is 0 Å². The number of hydrogen-bond donors (Lipinski definition) is 2. The summed E-state index contributed by atoms with van der Waals surface area (Å²) in [5, 5.41) is 2.78. The Kier molecular flexibility index (Phi) is 4.42. The van der Waals surface area contributed by atoms with Crippen LogP contribution >= 0.6 is 11.3 Å². The van der Waals surface area contributed by atoms with Gasteiger partial charge in [0.25, 0.3) is 0 Å². The number of nitrogens with one attached hydrogen (secondary N) is 1. The third-order valence-electron chi connectivity index (χ3n) is 3.05. The third-order valence-corrected chi connectivity index (χ3v) is 5.47. The molecule has 1 aromatic carbocycles. The summed E-state index contributed by atoms with van der Waals surface area (Å²) in [6, 6.07) is 3.26. The monoisotopic (exact) mass is 311 g/mol. The molecule has 0 radical (unpaired) electrons. The van der Waals surface area contributed by atoms with Crippen molar-refractivity contribution in [2.45, 2.75) is 25.2 Å². The van der Waals surface area contributed by atoms with Crippen LogP contribution in [0, 0.1) is 13.8 Å². The van der Waals surface area contributed by atoms with Crippen molar-refractivity contribution in [1.29, 1.82) is 0 Å². The zero-order chi connectivity index (χ0) is 14.8. The number of thiazole rings is 1. The van der Waals surface area contributed by atoms with Crippen LogP contribution < -0.4 is 10.5 Å². The summed E-state index contributed by atoms with van der Waals surface area (Å²) in [6.45, 7) is 3.95. The van der Waals surface area contributed by atoms with E-state index in [1.165, 1.54) is 17.4 Å². The fourth-order valence-corrected chi connectivity index (χ4v) is 3.88. The summed E-state index contributed by atoms with van der Waals surface area (Å²) in [5.41, 5.74) is 7.77. The first-order valence-corrected chi connectivity index (χ1v) is 8.51. The Morgan fingerprint density at radius 3 is 2.75 bits per heavy atom. The number of sulfonamides is 1. The van der Waals surface area contributed by atoms with E-state index < -0.39 is 10.0 Å². The molecule has 20 heavy (non-hydrogen) atoms. The summed E-state index contributed by atoms with van der Waals surface area (Å²) in [4.78, 5) is 4.36. The van der Waals surface area contributed by atoms with Crippen molar-refractivity contribution >= 4 is 27.0 Å². The topological polar surface area (TPSA) is 85.1 Å².